The van der Waals surface area contributed by atoms with Gasteiger partial charge in [0.15, 0.2) is 0 Å². The van der Waals surface area contributed by atoms with Gasteiger partial charge in [-0.3, -0.25) is 0 Å². The molecule has 19 heavy (non-hydrogen) atoms. The molecule has 0 bridgehead atoms. The first kappa shape index (κ1) is 11.5. The van der Waals surface area contributed by atoms with Crippen molar-refractivity contribution in [2.45, 2.75) is 13.8 Å². The standard InChI is InChI=1S/C16H13N3/c1-10-3-4-11(2)13(7-10)16-18-14-6-5-12(9-17)8-15(14)19-16/h3-8H,1-2H3,(H,18,19). The van der Waals surface area contributed by atoms with E-state index in [2.05, 4.69) is 48.1 Å². The van der Waals surface area contributed by atoms with Gasteiger partial charge in [0.05, 0.1) is 22.7 Å². The Bertz CT molecular complexity index is 806. The van der Waals surface area contributed by atoms with Gasteiger partial charge in [0.25, 0.3) is 0 Å². The van der Waals surface area contributed by atoms with Gasteiger partial charge in [-0.15, -0.1) is 0 Å². The molecule has 0 fully saturated rings. The summed E-state index contributed by atoms with van der Waals surface area (Å²) in [6.07, 6.45) is 0. The van der Waals surface area contributed by atoms with Crippen molar-refractivity contribution in [3.05, 3.63) is 53.1 Å². The summed E-state index contributed by atoms with van der Waals surface area (Å²) in [6.45, 7) is 4.14. The van der Waals surface area contributed by atoms with Crippen LogP contribution in [0.15, 0.2) is 36.4 Å². The SMILES string of the molecule is Cc1ccc(C)c(-c2nc3ccc(C#N)cc3[nH]2)c1. The molecule has 0 saturated carbocycles. The molecule has 2 aromatic carbocycles. The molecule has 3 nitrogen and oxygen atoms in total. The normalized spacial score (nSPS) is 10.6. The van der Waals surface area contributed by atoms with E-state index in [9.17, 15) is 0 Å². The van der Waals surface area contributed by atoms with Crippen molar-refractivity contribution >= 4 is 11.0 Å². The van der Waals surface area contributed by atoms with Gasteiger partial charge < -0.3 is 4.98 Å². The van der Waals surface area contributed by atoms with E-state index in [0.29, 0.717) is 5.56 Å². The van der Waals surface area contributed by atoms with E-state index in [1.54, 1.807) is 6.07 Å². The third-order valence-corrected chi connectivity index (χ3v) is 3.26. The van der Waals surface area contributed by atoms with Gasteiger partial charge in [0.1, 0.15) is 5.82 Å². The molecule has 0 unspecified atom stereocenters. The number of aromatic nitrogens is 2. The predicted octanol–water partition coefficient (Wildman–Crippen LogP) is 3.72. The lowest BCUT2D eigenvalue weighted by Gasteiger charge is -2.03. The van der Waals surface area contributed by atoms with Crippen LogP contribution in [0.3, 0.4) is 0 Å². The highest BCUT2D eigenvalue weighted by atomic mass is 14.9. The van der Waals surface area contributed by atoms with Gasteiger partial charge in [-0.2, -0.15) is 5.26 Å². The van der Waals surface area contributed by atoms with Crippen LogP contribution in [0.4, 0.5) is 0 Å². The van der Waals surface area contributed by atoms with Crippen LogP contribution in [-0.2, 0) is 0 Å². The summed E-state index contributed by atoms with van der Waals surface area (Å²) in [7, 11) is 0. The van der Waals surface area contributed by atoms with E-state index < -0.39 is 0 Å². The molecule has 0 atom stereocenters. The molecule has 3 rings (SSSR count). The molecule has 0 aliphatic carbocycles. The van der Waals surface area contributed by atoms with Crippen molar-refractivity contribution in [1.82, 2.24) is 9.97 Å². The van der Waals surface area contributed by atoms with E-state index in [0.717, 1.165) is 22.4 Å². The summed E-state index contributed by atoms with van der Waals surface area (Å²) in [6, 6.07) is 13.9. The summed E-state index contributed by atoms with van der Waals surface area (Å²) >= 11 is 0. The van der Waals surface area contributed by atoms with Gasteiger partial charge in [-0.25, -0.2) is 4.98 Å². The van der Waals surface area contributed by atoms with Crippen LogP contribution in [0.2, 0.25) is 0 Å². The minimum absolute atomic E-state index is 0.642. The van der Waals surface area contributed by atoms with Crippen molar-refractivity contribution in [3.63, 3.8) is 0 Å². The first-order valence-electron chi connectivity index (χ1n) is 6.15. The summed E-state index contributed by atoms with van der Waals surface area (Å²) < 4.78 is 0. The lowest BCUT2D eigenvalue weighted by molar-refractivity contribution is 1.29. The lowest BCUT2D eigenvalue weighted by Crippen LogP contribution is -1.86. The second-order valence-corrected chi connectivity index (χ2v) is 4.75. The summed E-state index contributed by atoms with van der Waals surface area (Å²) in [5, 5.41) is 8.92. The Kier molecular flexibility index (Phi) is 2.57. The van der Waals surface area contributed by atoms with E-state index in [-0.39, 0.29) is 0 Å². The van der Waals surface area contributed by atoms with Crippen molar-refractivity contribution in [1.29, 1.82) is 5.26 Å². The zero-order chi connectivity index (χ0) is 13.4. The number of fused-ring (bicyclic) bond motifs is 1. The molecule has 1 heterocycles. The van der Waals surface area contributed by atoms with E-state index in [1.165, 1.54) is 11.1 Å². The summed E-state index contributed by atoms with van der Waals surface area (Å²) in [5.41, 5.74) is 5.92. The van der Waals surface area contributed by atoms with Gasteiger partial charge in [0, 0.05) is 5.56 Å². The Balaban J connectivity index is 2.21. The van der Waals surface area contributed by atoms with E-state index in [1.807, 2.05) is 12.1 Å². The Morgan fingerprint density at radius 2 is 1.95 bits per heavy atom. The quantitative estimate of drug-likeness (QED) is 0.712. The average molecular weight is 247 g/mol. The molecule has 1 N–H and O–H groups in total. The number of nitriles is 1. The van der Waals surface area contributed by atoms with E-state index >= 15 is 0 Å². The second-order valence-electron chi connectivity index (χ2n) is 4.75. The molecule has 0 radical (unpaired) electrons. The summed E-state index contributed by atoms with van der Waals surface area (Å²) in [5.74, 6) is 0.853. The van der Waals surface area contributed by atoms with Crippen LogP contribution >= 0.6 is 0 Å². The number of imidazole rings is 1. The number of aryl methyl sites for hydroxylation is 2. The van der Waals surface area contributed by atoms with Crippen LogP contribution in [-0.4, -0.2) is 9.97 Å². The smallest absolute Gasteiger partial charge is 0.138 e. The number of aromatic amines is 1. The van der Waals surface area contributed by atoms with Crippen molar-refractivity contribution in [2.24, 2.45) is 0 Å². The predicted molar refractivity (Wildman–Crippen MR) is 75.7 cm³/mol. The zero-order valence-corrected chi connectivity index (χ0v) is 10.9. The van der Waals surface area contributed by atoms with Crippen LogP contribution in [0.25, 0.3) is 22.4 Å². The third kappa shape index (κ3) is 1.98. The molecular formula is C16H13N3. The Morgan fingerprint density at radius 3 is 2.74 bits per heavy atom. The molecule has 3 heteroatoms. The monoisotopic (exact) mass is 247 g/mol. The van der Waals surface area contributed by atoms with Crippen LogP contribution in [0.1, 0.15) is 16.7 Å². The van der Waals surface area contributed by atoms with Crippen LogP contribution in [0, 0.1) is 25.2 Å². The zero-order valence-electron chi connectivity index (χ0n) is 10.9. The molecular weight excluding hydrogens is 234 g/mol. The maximum atomic E-state index is 8.92. The molecule has 0 saturated heterocycles. The van der Waals surface area contributed by atoms with E-state index in [4.69, 9.17) is 5.26 Å². The number of nitrogens with one attached hydrogen (secondary N) is 1. The number of hydrogen-bond donors (Lipinski definition) is 1. The molecule has 0 amide bonds. The first-order valence-corrected chi connectivity index (χ1v) is 6.15. The molecule has 92 valence electrons. The third-order valence-electron chi connectivity index (χ3n) is 3.26. The molecule has 3 aromatic rings. The highest BCUT2D eigenvalue weighted by Gasteiger charge is 2.08. The average Bonchev–Trinajstić information content (AvgIpc) is 2.83. The maximum Gasteiger partial charge on any atom is 0.138 e. The number of benzene rings is 2. The number of nitrogens with zero attached hydrogens (tertiary/aromatic N) is 2. The Labute approximate surface area is 111 Å². The molecule has 0 spiro atoms. The molecule has 1 aromatic heterocycles. The molecule has 0 aliphatic rings. The van der Waals surface area contributed by atoms with Crippen molar-refractivity contribution in [2.75, 3.05) is 0 Å². The Morgan fingerprint density at radius 1 is 1.11 bits per heavy atom. The fraction of sp³-hybridized carbons (Fsp3) is 0.125. The fourth-order valence-electron chi connectivity index (χ4n) is 2.20. The number of rotatable bonds is 1. The van der Waals surface area contributed by atoms with Gasteiger partial charge >= 0.3 is 0 Å². The maximum absolute atomic E-state index is 8.92. The molecule has 0 aliphatic heterocycles. The van der Waals surface area contributed by atoms with Gasteiger partial charge in [-0.1, -0.05) is 17.7 Å². The van der Waals surface area contributed by atoms with Crippen molar-refractivity contribution in [3.8, 4) is 17.5 Å². The number of hydrogen-bond acceptors (Lipinski definition) is 2. The lowest BCUT2D eigenvalue weighted by atomic mass is 10.1. The van der Waals surface area contributed by atoms with Gasteiger partial charge in [-0.05, 0) is 43.7 Å². The fourth-order valence-corrected chi connectivity index (χ4v) is 2.20. The van der Waals surface area contributed by atoms with Crippen LogP contribution in [0.5, 0.6) is 0 Å². The minimum atomic E-state index is 0.642. The van der Waals surface area contributed by atoms with Crippen LogP contribution < -0.4 is 0 Å². The second kappa shape index (κ2) is 4.25. The topological polar surface area (TPSA) is 52.5 Å². The van der Waals surface area contributed by atoms with Gasteiger partial charge in [0.2, 0.25) is 0 Å². The largest absolute Gasteiger partial charge is 0.338 e. The highest BCUT2D eigenvalue weighted by molar-refractivity contribution is 5.81. The number of H-pyrrole nitrogens is 1. The minimum Gasteiger partial charge on any atom is -0.338 e. The summed E-state index contributed by atoms with van der Waals surface area (Å²) in [4.78, 5) is 7.89. The van der Waals surface area contributed by atoms with Crippen molar-refractivity contribution < 1.29 is 0 Å². The highest BCUT2D eigenvalue weighted by Crippen LogP contribution is 2.25. The Hall–Kier alpha value is -2.60. The first-order chi connectivity index (χ1) is 9.17.